The summed E-state index contributed by atoms with van der Waals surface area (Å²) in [7, 11) is 0. The molecule has 3 N–H and O–H groups in total. The van der Waals surface area contributed by atoms with E-state index >= 15 is 0 Å². The Labute approximate surface area is 84.3 Å². The number of benzene rings is 1. The van der Waals surface area contributed by atoms with E-state index in [2.05, 4.69) is 12.3 Å². The van der Waals surface area contributed by atoms with E-state index in [1.54, 1.807) is 12.1 Å². The van der Waals surface area contributed by atoms with Crippen LogP contribution < -0.4 is 11.3 Å². The molecule has 0 aromatic heterocycles. The van der Waals surface area contributed by atoms with Crippen LogP contribution in [-0.4, -0.2) is 0 Å². The fourth-order valence-electron chi connectivity index (χ4n) is 1.45. The van der Waals surface area contributed by atoms with Crippen molar-refractivity contribution in [3.8, 4) is 0 Å². The number of unbranched alkanes of at least 4 members (excludes halogenated alkanes) is 1. The lowest BCUT2D eigenvalue weighted by Gasteiger charge is -2.15. The van der Waals surface area contributed by atoms with Gasteiger partial charge in [0, 0.05) is 6.04 Å². The van der Waals surface area contributed by atoms with Gasteiger partial charge in [0.05, 0.1) is 0 Å². The van der Waals surface area contributed by atoms with Crippen LogP contribution in [0.4, 0.5) is 4.39 Å². The zero-order valence-corrected chi connectivity index (χ0v) is 8.46. The molecule has 0 aliphatic rings. The van der Waals surface area contributed by atoms with Gasteiger partial charge in [-0.15, -0.1) is 0 Å². The van der Waals surface area contributed by atoms with Crippen LogP contribution in [0, 0.1) is 5.82 Å². The Morgan fingerprint density at radius 2 is 2.00 bits per heavy atom. The summed E-state index contributed by atoms with van der Waals surface area (Å²) in [6.45, 7) is 2.14. The summed E-state index contributed by atoms with van der Waals surface area (Å²) in [6.07, 6.45) is 3.24. The molecule has 0 spiro atoms. The van der Waals surface area contributed by atoms with Gasteiger partial charge in [-0.2, -0.15) is 0 Å². The first-order valence-electron chi connectivity index (χ1n) is 4.99. The minimum absolute atomic E-state index is 0.135. The highest BCUT2D eigenvalue weighted by Crippen LogP contribution is 2.18. The first-order chi connectivity index (χ1) is 6.77. The van der Waals surface area contributed by atoms with Gasteiger partial charge in [-0.05, 0) is 24.1 Å². The molecule has 78 valence electrons. The molecule has 1 aromatic rings. The second-order valence-electron chi connectivity index (χ2n) is 3.41. The number of hydrogen-bond acceptors (Lipinski definition) is 2. The van der Waals surface area contributed by atoms with Gasteiger partial charge in [-0.25, -0.2) is 4.39 Å². The molecule has 0 fully saturated rings. The number of rotatable bonds is 5. The second kappa shape index (κ2) is 5.73. The van der Waals surface area contributed by atoms with Crippen molar-refractivity contribution < 1.29 is 4.39 Å². The van der Waals surface area contributed by atoms with Crippen LogP contribution in [0.2, 0.25) is 0 Å². The van der Waals surface area contributed by atoms with E-state index in [0.29, 0.717) is 0 Å². The predicted octanol–water partition coefficient (Wildman–Crippen LogP) is 2.52. The van der Waals surface area contributed by atoms with Crippen molar-refractivity contribution in [3.05, 3.63) is 35.6 Å². The Bertz CT molecular complexity index is 258. The van der Waals surface area contributed by atoms with Gasteiger partial charge in [0.2, 0.25) is 0 Å². The van der Waals surface area contributed by atoms with E-state index < -0.39 is 0 Å². The first-order valence-corrected chi connectivity index (χ1v) is 4.99. The maximum Gasteiger partial charge on any atom is 0.123 e. The summed E-state index contributed by atoms with van der Waals surface area (Å²) < 4.78 is 12.7. The Balaban J connectivity index is 2.64. The van der Waals surface area contributed by atoms with Crippen LogP contribution in [0.25, 0.3) is 0 Å². The van der Waals surface area contributed by atoms with Crippen molar-refractivity contribution in [2.24, 2.45) is 5.84 Å². The van der Waals surface area contributed by atoms with Crippen molar-refractivity contribution in [1.29, 1.82) is 0 Å². The highest BCUT2D eigenvalue weighted by molar-refractivity contribution is 5.19. The molecule has 1 rings (SSSR count). The molecule has 0 unspecified atom stereocenters. The molecular weight excluding hydrogens is 179 g/mol. The monoisotopic (exact) mass is 196 g/mol. The van der Waals surface area contributed by atoms with Crippen molar-refractivity contribution in [2.45, 2.75) is 32.2 Å². The van der Waals surface area contributed by atoms with E-state index in [1.807, 2.05) is 0 Å². The molecule has 0 aliphatic carbocycles. The third-order valence-electron chi connectivity index (χ3n) is 2.32. The number of nitrogens with two attached hydrogens (primary N) is 1. The zero-order valence-electron chi connectivity index (χ0n) is 8.46. The maximum atomic E-state index is 12.7. The molecule has 1 aromatic carbocycles. The van der Waals surface area contributed by atoms with Crippen LogP contribution in [0.5, 0.6) is 0 Å². The average molecular weight is 196 g/mol. The SMILES string of the molecule is CCCC[C@H](NN)c1ccc(F)cc1. The third kappa shape index (κ3) is 3.09. The minimum atomic E-state index is -0.208. The average Bonchev–Trinajstić information content (AvgIpc) is 2.21. The summed E-state index contributed by atoms with van der Waals surface area (Å²) >= 11 is 0. The molecule has 2 nitrogen and oxygen atoms in total. The fraction of sp³-hybridized carbons (Fsp3) is 0.455. The third-order valence-corrected chi connectivity index (χ3v) is 2.32. The summed E-state index contributed by atoms with van der Waals surface area (Å²) in [5.41, 5.74) is 3.79. The zero-order chi connectivity index (χ0) is 10.4. The summed E-state index contributed by atoms with van der Waals surface area (Å²) in [4.78, 5) is 0. The minimum Gasteiger partial charge on any atom is -0.271 e. The van der Waals surface area contributed by atoms with Crippen molar-refractivity contribution in [2.75, 3.05) is 0 Å². The Hall–Kier alpha value is -0.930. The molecule has 0 amide bonds. The molecule has 0 heterocycles. The van der Waals surface area contributed by atoms with Gasteiger partial charge in [0.1, 0.15) is 5.82 Å². The molecule has 0 bridgehead atoms. The number of hydrazine groups is 1. The van der Waals surface area contributed by atoms with Gasteiger partial charge in [0.15, 0.2) is 0 Å². The number of hydrogen-bond donors (Lipinski definition) is 2. The van der Waals surface area contributed by atoms with Gasteiger partial charge in [0.25, 0.3) is 0 Å². The summed E-state index contributed by atoms with van der Waals surface area (Å²) in [6, 6.07) is 6.61. The Kier molecular flexibility index (Phi) is 4.56. The van der Waals surface area contributed by atoms with E-state index in [9.17, 15) is 4.39 Å². The van der Waals surface area contributed by atoms with Crippen LogP contribution >= 0.6 is 0 Å². The van der Waals surface area contributed by atoms with Gasteiger partial charge < -0.3 is 0 Å². The van der Waals surface area contributed by atoms with E-state index in [0.717, 1.165) is 24.8 Å². The molecule has 0 saturated heterocycles. The lowest BCUT2D eigenvalue weighted by molar-refractivity contribution is 0.494. The predicted molar refractivity (Wildman–Crippen MR) is 56.0 cm³/mol. The Morgan fingerprint density at radius 1 is 1.36 bits per heavy atom. The second-order valence-corrected chi connectivity index (χ2v) is 3.41. The van der Waals surface area contributed by atoms with Gasteiger partial charge >= 0.3 is 0 Å². The highest BCUT2D eigenvalue weighted by atomic mass is 19.1. The number of halogens is 1. The quantitative estimate of drug-likeness (QED) is 0.561. The van der Waals surface area contributed by atoms with Crippen LogP contribution in [0.15, 0.2) is 24.3 Å². The largest absolute Gasteiger partial charge is 0.271 e. The molecular formula is C11H17FN2. The highest BCUT2D eigenvalue weighted by Gasteiger charge is 2.08. The van der Waals surface area contributed by atoms with Crippen LogP contribution in [0.3, 0.4) is 0 Å². The van der Waals surface area contributed by atoms with E-state index in [1.165, 1.54) is 12.1 Å². The summed E-state index contributed by atoms with van der Waals surface area (Å²) in [5, 5.41) is 0. The maximum absolute atomic E-state index is 12.7. The van der Waals surface area contributed by atoms with Gasteiger partial charge in [-0.3, -0.25) is 11.3 Å². The van der Waals surface area contributed by atoms with Crippen LogP contribution in [-0.2, 0) is 0 Å². The standard InChI is InChI=1S/C11H17FN2/c1-2-3-4-11(14-13)9-5-7-10(12)8-6-9/h5-8,11,14H,2-4,13H2,1H3/t11-/m0/s1. The van der Waals surface area contributed by atoms with Crippen molar-refractivity contribution in [1.82, 2.24) is 5.43 Å². The van der Waals surface area contributed by atoms with Crippen molar-refractivity contribution in [3.63, 3.8) is 0 Å². The first kappa shape index (κ1) is 11.1. The van der Waals surface area contributed by atoms with Gasteiger partial charge in [-0.1, -0.05) is 31.9 Å². The molecule has 0 aliphatic heterocycles. The fourth-order valence-corrected chi connectivity index (χ4v) is 1.45. The van der Waals surface area contributed by atoms with E-state index in [4.69, 9.17) is 5.84 Å². The summed E-state index contributed by atoms with van der Waals surface area (Å²) in [5.74, 6) is 5.23. The van der Waals surface area contributed by atoms with Crippen LogP contribution in [0.1, 0.15) is 37.8 Å². The van der Waals surface area contributed by atoms with Crippen molar-refractivity contribution >= 4 is 0 Å². The smallest absolute Gasteiger partial charge is 0.123 e. The molecule has 0 saturated carbocycles. The molecule has 3 heteroatoms. The normalized spacial score (nSPS) is 12.8. The lowest BCUT2D eigenvalue weighted by Crippen LogP contribution is -2.27. The molecule has 1 atom stereocenters. The van der Waals surface area contributed by atoms with E-state index in [-0.39, 0.29) is 11.9 Å². The number of nitrogens with one attached hydrogen (secondary N) is 1. The topological polar surface area (TPSA) is 38.0 Å². The Morgan fingerprint density at radius 3 is 2.50 bits per heavy atom. The lowest BCUT2D eigenvalue weighted by atomic mass is 10.0. The molecule has 0 radical (unpaired) electrons. The molecule has 14 heavy (non-hydrogen) atoms.